The lowest BCUT2D eigenvalue weighted by molar-refractivity contribution is 1.09. The topological polar surface area (TPSA) is 0 Å². The van der Waals surface area contributed by atoms with Gasteiger partial charge in [0.25, 0.3) is 0 Å². The van der Waals surface area contributed by atoms with Crippen LogP contribution in [0.25, 0.3) is 65.3 Å². The van der Waals surface area contributed by atoms with Gasteiger partial charge in [0.15, 0.2) is 0 Å². The van der Waals surface area contributed by atoms with Crippen LogP contribution in [0.2, 0.25) is 0 Å². The van der Waals surface area contributed by atoms with E-state index in [1.807, 2.05) is 0 Å². The molecule has 0 N–H and O–H groups in total. The fourth-order valence-corrected chi connectivity index (χ4v) is 5.84. The Morgan fingerprint density at radius 3 is 0.475 bits per heavy atom. The monoisotopic (exact) mass is 817 g/mol. The van der Waals surface area contributed by atoms with Crippen LogP contribution in [0.5, 0.6) is 0 Å². The van der Waals surface area contributed by atoms with E-state index < -0.39 is 0 Å². The first-order chi connectivity index (χ1) is 29.8. The van der Waals surface area contributed by atoms with Crippen LogP contribution in [0, 0.1) is 0 Å². The molecule has 61 heavy (non-hydrogen) atoms. The second-order valence-corrected chi connectivity index (χ2v) is 15.1. The molecule has 0 unspecified atom stereocenters. The van der Waals surface area contributed by atoms with E-state index in [1.165, 1.54) is 110 Å². The molecule has 0 fully saturated rings. The van der Waals surface area contributed by atoms with Gasteiger partial charge in [-0.2, -0.15) is 0 Å². The number of rotatable bonds is 2. The van der Waals surface area contributed by atoms with Gasteiger partial charge in [-0.15, -0.1) is 0 Å². The molecule has 0 bridgehead atoms. The second-order valence-electron chi connectivity index (χ2n) is 15.1. The Hall–Kier alpha value is -5.20. The largest absolute Gasteiger partial charge is 0.0656 e. The van der Waals surface area contributed by atoms with Crippen molar-refractivity contribution in [3.8, 4) is 22.3 Å². The quantitative estimate of drug-likeness (QED) is 0.163. The summed E-state index contributed by atoms with van der Waals surface area (Å²) in [4.78, 5) is 0. The van der Waals surface area contributed by atoms with E-state index in [4.69, 9.17) is 0 Å². The van der Waals surface area contributed by atoms with E-state index >= 15 is 0 Å². The summed E-state index contributed by atoms with van der Waals surface area (Å²) in [6.07, 6.45) is 8.75. The highest BCUT2D eigenvalue weighted by Crippen LogP contribution is 2.35. The van der Waals surface area contributed by atoms with Gasteiger partial charge in [-0.1, -0.05) is 312 Å². The first kappa shape index (κ1) is 55.8. The van der Waals surface area contributed by atoms with Crippen molar-refractivity contribution in [3.05, 3.63) is 170 Å². The maximum atomic E-state index is 2.21. The lowest BCUT2D eigenvalue weighted by atomic mass is 9.94. The van der Waals surface area contributed by atoms with Crippen LogP contribution < -0.4 is 0 Å². The molecule has 8 aromatic rings. The predicted molar refractivity (Wildman–Crippen MR) is 286 cm³/mol. The first-order valence-electron chi connectivity index (χ1n) is 23.7. The van der Waals surface area contributed by atoms with Crippen molar-refractivity contribution in [1.29, 1.82) is 0 Å². The van der Waals surface area contributed by atoms with Gasteiger partial charge in [-0.3, -0.25) is 0 Å². The molecule has 8 rings (SSSR count). The zero-order valence-corrected chi connectivity index (χ0v) is 41.1. The van der Waals surface area contributed by atoms with Gasteiger partial charge >= 0.3 is 0 Å². The van der Waals surface area contributed by atoms with Crippen LogP contribution in [0.3, 0.4) is 0 Å². The zero-order chi connectivity index (χ0) is 45.7. The van der Waals surface area contributed by atoms with Crippen molar-refractivity contribution < 1.29 is 0 Å². The zero-order valence-electron chi connectivity index (χ0n) is 41.1. The SMILES string of the molecule is CCC.CCC.CCC.CCC.CCC.CCC.CCC.c1ccc2c(-c3cccc4ccccc34)cccc2c1.c1ccc2c(-c3cccc4ccccc34)cccc2c1. The Labute approximate surface area is 375 Å². The van der Waals surface area contributed by atoms with Gasteiger partial charge in [0.05, 0.1) is 0 Å². The molecule has 0 nitrogen and oxygen atoms in total. The van der Waals surface area contributed by atoms with Crippen LogP contribution >= 0.6 is 0 Å². The van der Waals surface area contributed by atoms with Crippen LogP contribution in [-0.4, -0.2) is 0 Å². The van der Waals surface area contributed by atoms with Crippen LogP contribution in [0.15, 0.2) is 170 Å². The van der Waals surface area contributed by atoms with Gasteiger partial charge in [0, 0.05) is 0 Å². The third-order valence-electron chi connectivity index (χ3n) is 7.74. The van der Waals surface area contributed by atoms with Crippen LogP contribution in [-0.2, 0) is 0 Å². The average Bonchev–Trinajstić information content (AvgIpc) is 3.28. The summed E-state index contributed by atoms with van der Waals surface area (Å²) in [5, 5.41) is 10.4. The molecule has 0 spiro atoms. The molecule has 8 aromatic carbocycles. The maximum absolute atomic E-state index is 2.21. The Morgan fingerprint density at radius 1 is 0.180 bits per heavy atom. The molecular weight excluding hydrogens is 733 g/mol. The molecule has 0 aliphatic rings. The van der Waals surface area contributed by atoms with E-state index in [1.54, 1.807) is 0 Å². The number of fused-ring (bicyclic) bond motifs is 4. The Balaban J connectivity index is 0.000000818. The summed E-state index contributed by atoms with van der Waals surface area (Å²) in [7, 11) is 0. The molecule has 0 amide bonds. The minimum atomic E-state index is 1.25. The highest BCUT2D eigenvalue weighted by Gasteiger charge is 2.08. The number of hydrogen-bond donors (Lipinski definition) is 0. The third kappa shape index (κ3) is 20.3. The minimum absolute atomic E-state index is 1.25. The number of hydrogen-bond acceptors (Lipinski definition) is 0. The summed E-state index contributed by atoms with van der Waals surface area (Å²) >= 11 is 0. The van der Waals surface area contributed by atoms with Crippen LogP contribution in [0.1, 0.15) is 142 Å². The van der Waals surface area contributed by atoms with Crippen molar-refractivity contribution in [2.75, 3.05) is 0 Å². The maximum Gasteiger partial charge on any atom is -0.00992 e. The number of benzene rings is 8. The van der Waals surface area contributed by atoms with Gasteiger partial charge in [-0.25, -0.2) is 0 Å². The Bertz CT molecular complexity index is 1890. The van der Waals surface area contributed by atoms with E-state index in [0.717, 1.165) is 0 Å². The van der Waals surface area contributed by atoms with Gasteiger partial charge in [0.1, 0.15) is 0 Å². The van der Waals surface area contributed by atoms with E-state index in [9.17, 15) is 0 Å². The van der Waals surface area contributed by atoms with Crippen LogP contribution in [0.4, 0.5) is 0 Å². The van der Waals surface area contributed by atoms with Crippen molar-refractivity contribution >= 4 is 43.1 Å². The average molecular weight is 817 g/mol. The molecule has 0 heteroatoms. The lowest BCUT2D eigenvalue weighted by Crippen LogP contribution is -1.83. The Morgan fingerprint density at radius 2 is 0.311 bits per heavy atom. The molecule has 0 aliphatic carbocycles. The minimum Gasteiger partial charge on any atom is -0.0656 e. The van der Waals surface area contributed by atoms with E-state index in [0.29, 0.717) is 0 Å². The second kappa shape index (κ2) is 36.6. The molecule has 328 valence electrons. The third-order valence-corrected chi connectivity index (χ3v) is 7.74. The van der Waals surface area contributed by atoms with Gasteiger partial charge < -0.3 is 0 Å². The highest BCUT2D eigenvalue weighted by molar-refractivity contribution is 6.06. The van der Waals surface area contributed by atoms with Crippen molar-refractivity contribution in [2.45, 2.75) is 142 Å². The smallest absolute Gasteiger partial charge is 0.00992 e. The summed E-state index contributed by atoms with van der Waals surface area (Å²) in [5.41, 5.74) is 5.22. The molecular formula is C61H84. The van der Waals surface area contributed by atoms with Crippen molar-refractivity contribution in [3.63, 3.8) is 0 Å². The molecule has 0 saturated heterocycles. The lowest BCUT2D eigenvalue weighted by Gasteiger charge is -2.10. The standard InChI is InChI=1S/2C20H14.7C3H8/c2*1-3-11-17-15(7-1)9-5-13-19(17)20-14-6-10-16-8-2-4-12-18(16)20;7*1-3-2/h2*1-14H;7*3H2,1-2H3. The Kier molecular flexibility index (Phi) is 33.5. The summed E-state index contributed by atoms with van der Waals surface area (Å²) in [6, 6.07) is 60.4. The van der Waals surface area contributed by atoms with Crippen molar-refractivity contribution in [1.82, 2.24) is 0 Å². The highest BCUT2D eigenvalue weighted by atomic mass is 14.1. The summed E-state index contributed by atoms with van der Waals surface area (Å²) in [5.74, 6) is 0. The van der Waals surface area contributed by atoms with E-state index in [2.05, 4.69) is 267 Å². The fourth-order valence-electron chi connectivity index (χ4n) is 5.84. The van der Waals surface area contributed by atoms with Gasteiger partial charge in [0.2, 0.25) is 0 Å². The molecule has 0 saturated carbocycles. The first-order valence-corrected chi connectivity index (χ1v) is 23.7. The molecule has 0 atom stereocenters. The molecule has 0 radical (unpaired) electrons. The van der Waals surface area contributed by atoms with Gasteiger partial charge in [-0.05, 0) is 65.3 Å². The summed E-state index contributed by atoms with van der Waals surface area (Å²) in [6.45, 7) is 29.8. The molecule has 0 aliphatic heterocycles. The summed E-state index contributed by atoms with van der Waals surface area (Å²) < 4.78 is 0. The van der Waals surface area contributed by atoms with Crippen molar-refractivity contribution in [2.24, 2.45) is 0 Å². The normalized spacial score (nSPS) is 9.28. The van der Waals surface area contributed by atoms with E-state index in [-0.39, 0.29) is 0 Å². The fraction of sp³-hybridized carbons (Fsp3) is 0.344. The molecule has 0 heterocycles. The molecule has 0 aromatic heterocycles. The predicted octanol–water partition coefficient (Wildman–Crippen LogP) is 21.2.